The summed E-state index contributed by atoms with van der Waals surface area (Å²) in [5.41, 5.74) is 5.67. The van der Waals surface area contributed by atoms with Gasteiger partial charge in [-0.3, -0.25) is 0 Å². The summed E-state index contributed by atoms with van der Waals surface area (Å²) in [6.07, 6.45) is 0. The van der Waals surface area contributed by atoms with Crippen LogP contribution in [0.2, 0.25) is 0 Å². The summed E-state index contributed by atoms with van der Waals surface area (Å²) in [7, 11) is 0. The SMILES string of the molecule is Cc1ccccc1OCc1ccc(O)c(COc2ccccc2C)c1COc1ccccc1C. The van der Waals surface area contributed by atoms with Crippen LogP contribution in [0.3, 0.4) is 0 Å². The molecule has 1 N–H and O–H groups in total. The van der Waals surface area contributed by atoms with Gasteiger partial charge in [0, 0.05) is 11.1 Å². The van der Waals surface area contributed by atoms with E-state index in [1.54, 1.807) is 6.07 Å². The maximum absolute atomic E-state index is 10.8. The van der Waals surface area contributed by atoms with Crippen molar-refractivity contribution >= 4 is 0 Å². The van der Waals surface area contributed by atoms with Gasteiger partial charge in [0.05, 0.1) is 0 Å². The van der Waals surface area contributed by atoms with Crippen LogP contribution in [-0.4, -0.2) is 5.11 Å². The molecule has 0 atom stereocenters. The van der Waals surface area contributed by atoms with Gasteiger partial charge in [-0.15, -0.1) is 0 Å². The molecule has 0 heterocycles. The molecule has 0 bridgehead atoms. The molecule has 34 heavy (non-hydrogen) atoms. The summed E-state index contributed by atoms with van der Waals surface area (Å²) >= 11 is 0. The summed E-state index contributed by atoms with van der Waals surface area (Å²) < 4.78 is 18.4. The van der Waals surface area contributed by atoms with Gasteiger partial charge in [-0.25, -0.2) is 0 Å². The van der Waals surface area contributed by atoms with E-state index in [2.05, 4.69) is 0 Å². The molecular formula is C30H30O4. The van der Waals surface area contributed by atoms with Crippen LogP contribution < -0.4 is 14.2 Å². The standard InChI is InChI=1S/C30H30O4/c1-21-10-4-7-13-28(21)32-18-24-16-17-27(31)26(20-34-30-15-9-6-12-23(30)3)25(24)19-33-29-14-8-5-11-22(29)2/h4-17,31H,18-20H2,1-3H3. The molecule has 0 aliphatic carbocycles. The first-order chi connectivity index (χ1) is 16.5. The van der Waals surface area contributed by atoms with E-state index in [9.17, 15) is 5.11 Å². The first-order valence-electron chi connectivity index (χ1n) is 11.4. The van der Waals surface area contributed by atoms with Crippen molar-refractivity contribution in [2.45, 2.75) is 40.6 Å². The molecule has 174 valence electrons. The lowest BCUT2D eigenvalue weighted by molar-refractivity contribution is 0.267. The lowest BCUT2D eigenvalue weighted by atomic mass is 10.0. The van der Waals surface area contributed by atoms with Crippen LogP contribution in [-0.2, 0) is 19.8 Å². The smallest absolute Gasteiger partial charge is 0.122 e. The maximum atomic E-state index is 10.8. The molecule has 0 unspecified atom stereocenters. The third-order valence-corrected chi connectivity index (χ3v) is 5.91. The molecular weight excluding hydrogens is 424 g/mol. The predicted octanol–water partition coefficient (Wildman–Crippen LogP) is 7.05. The van der Waals surface area contributed by atoms with E-state index < -0.39 is 0 Å². The fourth-order valence-electron chi connectivity index (χ4n) is 3.82. The Morgan fingerprint density at radius 2 is 0.912 bits per heavy atom. The Balaban J connectivity index is 1.63. The molecule has 0 aromatic heterocycles. The van der Waals surface area contributed by atoms with Crippen molar-refractivity contribution in [3.05, 3.63) is 118 Å². The van der Waals surface area contributed by atoms with Gasteiger partial charge in [0.2, 0.25) is 0 Å². The van der Waals surface area contributed by atoms with Gasteiger partial charge in [0.1, 0.15) is 42.8 Å². The van der Waals surface area contributed by atoms with Crippen molar-refractivity contribution in [2.24, 2.45) is 0 Å². The highest BCUT2D eigenvalue weighted by molar-refractivity contribution is 5.45. The van der Waals surface area contributed by atoms with Crippen molar-refractivity contribution < 1.29 is 19.3 Å². The summed E-state index contributed by atoms with van der Waals surface area (Å²) in [5.74, 6) is 2.60. The molecule has 0 radical (unpaired) electrons. The van der Waals surface area contributed by atoms with Crippen molar-refractivity contribution in [1.82, 2.24) is 0 Å². The van der Waals surface area contributed by atoms with Crippen LogP contribution in [0.15, 0.2) is 84.9 Å². The minimum absolute atomic E-state index is 0.177. The normalized spacial score (nSPS) is 10.7. The minimum Gasteiger partial charge on any atom is -0.508 e. The average molecular weight is 455 g/mol. The second-order valence-corrected chi connectivity index (χ2v) is 8.36. The molecule has 4 nitrogen and oxygen atoms in total. The number of para-hydroxylation sites is 3. The third kappa shape index (κ3) is 5.52. The highest BCUT2D eigenvalue weighted by Crippen LogP contribution is 2.30. The second-order valence-electron chi connectivity index (χ2n) is 8.36. The van der Waals surface area contributed by atoms with Gasteiger partial charge in [0.15, 0.2) is 0 Å². The molecule has 0 amide bonds. The molecule has 4 rings (SSSR count). The van der Waals surface area contributed by atoms with Crippen LogP contribution in [0.25, 0.3) is 0 Å². The van der Waals surface area contributed by atoms with E-state index in [0.29, 0.717) is 12.2 Å². The topological polar surface area (TPSA) is 47.9 Å². The fraction of sp³-hybridized carbons (Fsp3) is 0.200. The highest BCUT2D eigenvalue weighted by Gasteiger charge is 2.17. The van der Waals surface area contributed by atoms with Gasteiger partial charge in [-0.2, -0.15) is 0 Å². The van der Waals surface area contributed by atoms with Gasteiger partial charge in [-0.1, -0.05) is 60.7 Å². The quantitative estimate of drug-likeness (QED) is 0.294. The first-order valence-corrected chi connectivity index (χ1v) is 11.4. The van der Waals surface area contributed by atoms with Crippen LogP contribution >= 0.6 is 0 Å². The minimum atomic E-state index is 0.177. The Hall–Kier alpha value is -3.92. The number of hydrogen-bond donors (Lipinski definition) is 1. The number of benzene rings is 4. The summed E-state index contributed by atoms with van der Waals surface area (Å²) in [5, 5.41) is 10.8. The number of hydrogen-bond acceptors (Lipinski definition) is 4. The van der Waals surface area contributed by atoms with Crippen molar-refractivity contribution in [1.29, 1.82) is 0 Å². The number of rotatable bonds is 9. The molecule has 4 aromatic carbocycles. The van der Waals surface area contributed by atoms with E-state index >= 15 is 0 Å². The van der Waals surface area contributed by atoms with Gasteiger partial charge in [0.25, 0.3) is 0 Å². The molecule has 4 aromatic rings. The summed E-state index contributed by atoms with van der Waals surface area (Å²) in [6.45, 7) is 6.91. The van der Waals surface area contributed by atoms with E-state index in [0.717, 1.165) is 45.1 Å². The Kier molecular flexibility index (Phi) is 7.38. The van der Waals surface area contributed by atoms with Gasteiger partial charge in [-0.05, 0) is 67.3 Å². The number of ether oxygens (including phenoxy) is 3. The first kappa shape index (κ1) is 23.2. The monoisotopic (exact) mass is 454 g/mol. The molecule has 0 aliphatic heterocycles. The number of phenolic OH excluding ortho intramolecular Hbond substituents is 1. The molecule has 0 saturated heterocycles. The largest absolute Gasteiger partial charge is 0.508 e. The fourth-order valence-corrected chi connectivity index (χ4v) is 3.82. The molecule has 0 aliphatic rings. The number of aryl methyl sites for hydroxylation is 3. The summed E-state index contributed by atoms with van der Waals surface area (Å²) in [6, 6.07) is 27.3. The number of aromatic hydroxyl groups is 1. The lowest BCUT2D eigenvalue weighted by Crippen LogP contribution is -2.10. The Labute approximate surface area is 201 Å². The van der Waals surface area contributed by atoms with Crippen molar-refractivity contribution in [2.75, 3.05) is 0 Å². The molecule has 4 heteroatoms. The lowest BCUT2D eigenvalue weighted by Gasteiger charge is -2.19. The zero-order valence-corrected chi connectivity index (χ0v) is 19.9. The van der Waals surface area contributed by atoms with Gasteiger partial charge < -0.3 is 19.3 Å². The summed E-state index contributed by atoms with van der Waals surface area (Å²) in [4.78, 5) is 0. The van der Waals surface area contributed by atoms with Crippen LogP contribution in [0, 0.1) is 20.8 Å². The Morgan fingerprint density at radius 1 is 0.500 bits per heavy atom. The van der Waals surface area contributed by atoms with E-state index in [1.807, 2.05) is 99.6 Å². The molecule has 0 fully saturated rings. The van der Waals surface area contributed by atoms with Gasteiger partial charge >= 0.3 is 0 Å². The zero-order chi connectivity index (χ0) is 23.9. The number of phenols is 1. The second kappa shape index (κ2) is 10.8. The molecule has 0 spiro atoms. The van der Waals surface area contributed by atoms with Crippen LogP contribution in [0.5, 0.6) is 23.0 Å². The van der Waals surface area contributed by atoms with Crippen molar-refractivity contribution in [3.63, 3.8) is 0 Å². The predicted molar refractivity (Wildman–Crippen MR) is 135 cm³/mol. The Morgan fingerprint density at radius 3 is 1.38 bits per heavy atom. The van der Waals surface area contributed by atoms with Crippen molar-refractivity contribution in [3.8, 4) is 23.0 Å². The van der Waals surface area contributed by atoms with Crippen LogP contribution in [0.1, 0.15) is 33.4 Å². The van der Waals surface area contributed by atoms with Crippen LogP contribution in [0.4, 0.5) is 0 Å². The average Bonchev–Trinajstić information content (AvgIpc) is 2.84. The highest BCUT2D eigenvalue weighted by atomic mass is 16.5. The van der Waals surface area contributed by atoms with E-state index in [4.69, 9.17) is 14.2 Å². The maximum Gasteiger partial charge on any atom is 0.122 e. The Bertz CT molecular complexity index is 1260. The van der Waals surface area contributed by atoms with E-state index in [-0.39, 0.29) is 19.0 Å². The van der Waals surface area contributed by atoms with E-state index in [1.165, 1.54) is 0 Å². The molecule has 0 saturated carbocycles. The zero-order valence-electron chi connectivity index (χ0n) is 19.9. The third-order valence-electron chi connectivity index (χ3n) is 5.91.